The molecule has 0 aliphatic rings. The van der Waals surface area contributed by atoms with Crippen molar-refractivity contribution in [2.45, 2.75) is 26.2 Å². The number of H-pyrrole nitrogens is 1. The van der Waals surface area contributed by atoms with E-state index in [-0.39, 0.29) is 0 Å². The van der Waals surface area contributed by atoms with Gasteiger partial charge in [-0.2, -0.15) is 0 Å². The highest BCUT2D eigenvalue weighted by Gasteiger charge is 2.07. The third kappa shape index (κ3) is 2.07. The summed E-state index contributed by atoms with van der Waals surface area (Å²) in [6, 6.07) is 8.65. The van der Waals surface area contributed by atoms with E-state index < -0.39 is 0 Å². The molecule has 0 aromatic carbocycles. The van der Waals surface area contributed by atoms with Crippen molar-refractivity contribution >= 4 is 11.3 Å². The van der Waals surface area contributed by atoms with Crippen molar-refractivity contribution in [1.29, 1.82) is 0 Å². The van der Waals surface area contributed by atoms with Gasteiger partial charge < -0.3 is 4.98 Å². The molecular formula is C12H15NS. The van der Waals surface area contributed by atoms with E-state index in [4.69, 9.17) is 0 Å². The van der Waals surface area contributed by atoms with Crippen LogP contribution in [0.4, 0.5) is 0 Å². The first-order valence-electron chi connectivity index (χ1n) is 4.93. The molecule has 0 aliphatic heterocycles. The van der Waals surface area contributed by atoms with Crippen LogP contribution in [0.3, 0.4) is 0 Å². The van der Waals surface area contributed by atoms with Crippen LogP contribution in [-0.4, -0.2) is 4.98 Å². The fourth-order valence-electron chi connectivity index (χ4n) is 1.68. The standard InChI is InChI=1S/C12H15NS/c1-9(12-4-3-7-14-12)8-11-6-5-10(2)13-11/h3-7,9,13H,8H2,1-2H3. The predicted octanol–water partition coefficient (Wildman–Crippen LogP) is 3.73. The molecule has 14 heavy (non-hydrogen) atoms. The quantitative estimate of drug-likeness (QED) is 0.786. The highest BCUT2D eigenvalue weighted by Crippen LogP contribution is 2.24. The summed E-state index contributed by atoms with van der Waals surface area (Å²) in [7, 11) is 0. The molecule has 0 amide bonds. The van der Waals surface area contributed by atoms with Gasteiger partial charge in [-0.3, -0.25) is 0 Å². The van der Waals surface area contributed by atoms with Crippen LogP contribution in [0.1, 0.15) is 29.1 Å². The molecule has 0 saturated carbocycles. The maximum Gasteiger partial charge on any atom is 0.0155 e. The highest BCUT2D eigenvalue weighted by molar-refractivity contribution is 7.10. The van der Waals surface area contributed by atoms with E-state index in [0.29, 0.717) is 5.92 Å². The Morgan fingerprint density at radius 2 is 2.21 bits per heavy atom. The van der Waals surface area contributed by atoms with Gasteiger partial charge in [0.25, 0.3) is 0 Å². The fraction of sp³-hybridized carbons (Fsp3) is 0.333. The average Bonchev–Trinajstić information content (AvgIpc) is 2.75. The molecule has 0 radical (unpaired) electrons. The Bertz CT molecular complexity index is 386. The van der Waals surface area contributed by atoms with Crippen LogP contribution < -0.4 is 0 Å². The van der Waals surface area contributed by atoms with E-state index in [1.807, 2.05) is 11.3 Å². The van der Waals surface area contributed by atoms with Gasteiger partial charge in [-0.25, -0.2) is 0 Å². The molecule has 0 saturated heterocycles. The average molecular weight is 205 g/mol. The van der Waals surface area contributed by atoms with Gasteiger partial charge in [-0.1, -0.05) is 13.0 Å². The van der Waals surface area contributed by atoms with Crippen molar-refractivity contribution in [2.24, 2.45) is 0 Å². The molecule has 1 unspecified atom stereocenters. The van der Waals surface area contributed by atoms with Crippen molar-refractivity contribution in [3.05, 3.63) is 45.9 Å². The van der Waals surface area contributed by atoms with Gasteiger partial charge in [0.05, 0.1) is 0 Å². The molecule has 2 heteroatoms. The minimum absolute atomic E-state index is 0.619. The molecule has 1 atom stereocenters. The molecule has 74 valence electrons. The molecule has 0 spiro atoms. The fourth-order valence-corrected chi connectivity index (χ4v) is 2.47. The number of thiophene rings is 1. The molecule has 0 bridgehead atoms. The molecule has 2 rings (SSSR count). The second kappa shape index (κ2) is 4.01. The normalized spacial score (nSPS) is 13.0. The maximum absolute atomic E-state index is 3.37. The molecule has 2 heterocycles. The Labute approximate surface area is 88.8 Å². The van der Waals surface area contributed by atoms with Crippen LogP contribution >= 0.6 is 11.3 Å². The van der Waals surface area contributed by atoms with Crippen LogP contribution in [0.5, 0.6) is 0 Å². The smallest absolute Gasteiger partial charge is 0.0155 e. The lowest BCUT2D eigenvalue weighted by Gasteiger charge is -2.07. The number of hydrogen-bond donors (Lipinski definition) is 1. The summed E-state index contributed by atoms with van der Waals surface area (Å²) >= 11 is 1.84. The number of aryl methyl sites for hydroxylation is 1. The van der Waals surface area contributed by atoms with E-state index in [2.05, 4.69) is 48.5 Å². The van der Waals surface area contributed by atoms with Crippen molar-refractivity contribution < 1.29 is 0 Å². The Hall–Kier alpha value is -1.02. The zero-order valence-electron chi connectivity index (χ0n) is 8.58. The SMILES string of the molecule is Cc1ccc(CC(C)c2cccs2)[nH]1. The first kappa shape index (κ1) is 9.53. The third-order valence-electron chi connectivity index (χ3n) is 2.45. The summed E-state index contributed by atoms with van der Waals surface area (Å²) in [4.78, 5) is 4.84. The number of nitrogens with one attached hydrogen (secondary N) is 1. The van der Waals surface area contributed by atoms with Crippen molar-refractivity contribution in [1.82, 2.24) is 4.98 Å². The highest BCUT2D eigenvalue weighted by atomic mass is 32.1. The molecule has 1 N–H and O–H groups in total. The Kier molecular flexibility index (Phi) is 2.73. The third-order valence-corrected chi connectivity index (χ3v) is 3.55. The minimum atomic E-state index is 0.619. The van der Waals surface area contributed by atoms with Crippen LogP contribution in [0.25, 0.3) is 0 Å². The molecule has 1 nitrogen and oxygen atoms in total. The van der Waals surface area contributed by atoms with Crippen molar-refractivity contribution in [2.75, 3.05) is 0 Å². The second-order valence-corrected chi connectivity index (χ2v) is 4.77. The molecule has 2 aromatic heterocycles. The molecule has 2 aromatic rings. The van der Waals surface area contributed by atoms with E-state index in [1.54, 1.807) is 0 Å². The van der Waals surface area contributed by atoms with E-state index in [0.717, 1.165) is 6.42 Å². The molecular weight excluding hydrogens is 190 g/mol. The van der Waals surface area contributed by atoms with E-state index in [9.17, 15) is 0 Å². The lowest BCUT2D eigenvalue weighted by Crippen LogP contribution is -1.96. The van der Waals surface area contributed by atoms with Gasteiger partial charge >= 0.3 is 0 Å². The Balaban J connectivity index is 2.05. The van der Waals surface area contributed by atoms with Gasteiger partial charge in [0.1, 0.15) is 0 Å². The number of aromatic nitrogens is 1. The summed E-state index contributed by atoms with van der Waals surface area (Å²) < 4.78 is 0. The topological polar surface area (TPSA) is 15.8 Å². The van der Waals surface area contributed by atoms with Crippen molar-refractivity contribution in [3.8, 4) is 0 Å². The summed E-state index contributed by atoms with van der Waals surface area (Å²) in [5, 5.41) is 2.14. The summed E-state index contributed by atoms with van der Waals surface area (Å²) in [6.07, 6.45) is 1.11. The monoisotopic (exact) mass is 205 g/mol. The second-order valence-electron chi connectivity index (χ2n) is 3.79. The number of aromatic amines is 1. The largest absolute Gasteiger partial charge is 0.362 e. The first-order chi connectivity index (χ1) is 6.75. The molecule has 0 aliphatic carbocycles. The van der Waals surface area contributed by atoms with Gasteiger partial charge in [0.2, 0.25) is 0 Å². The summed E-state index contributed by atoms with van der Waals surface area (Å²) in [5.74, 6) is 0.619. The number of hydrogen-bond acceptors (Lipinski definition) is 1. The van der Waals surface area contributed by atoms with Crippen LogP contribution in [0.15, 0.2) is 29.6 Å². The van der Waals surface area contributed by atoms with Gasteiger partial charge in [0, 0.05) is 16.3 Å². The van der Waals surface area contributed by atoms with Gasteiger partial charge in [-0.05, 0) is 42.8 Å². The Morgan fingerprint density at radius 1 is 1.36 bits per heavy atom. The van der Waals surface area contributed by atoms with Gasteiger partial charge in [0.15, 0.2) is 0 Å². The minimum Gasteiger partial charge on any atom is -0.362 e. The van der Waals surface area contributed by atoms with Crippen LogP contribution in [-0.2, 0) is 6.42 Å². The summed E-state index contributed by atoms with van der Waals surface area (Å²) in [5.41, 5.74) is 2.58. The maximum atomic E-state index is 3.37. The van der Waals surface area contributed by atoms with Crippen LogP contribution in [0, 0.1) is 6.92 Å². The lowest BCUT2D eigenvalue weighted by molar-refractivity contribution is 0.758. The van der Waals surface area contributed by atoms with E-state index in [1.165, 1.54) is 16.3 Å². The first-order valence-corrected chi connectivity index (χ1v) is 5.81. The van der Waals surface area contributed by atoms with E-state index >= 15 is 0 Å². The predicted molar refractivity (Wildman–Crippen MR) is 62.0 cm³/mol. The summed E-state index contributed by atoms with van der Waals surface area (Å²) in [6.45, 7) is 4.38. The lowest BCUT2D eigenvalue weighted by atomic mass is 10.0. The zero-order chi connectivity index (χ0) is 9.97. The zero-order valence-corrected chi connectivity index (χ0v) is 9.40. The molecule has 0 fully saturated rings. The Morgan fingerprint density at radius 3 is 2.79 bits per heavy atom. The number of rotatable bonds is 3. The van der Waals surface area contributed by atoms with Crippen LogP contribution in [0.2, 0.25) is 0 Å². The van der Waals surface area contributed by atoms with Gasteiger partial charge in [-0.15, -0.1) is 11.3 Å². The van der Waals surface area contributed by atoms with Crippen molar-refractivity contribution in [3.63, 3.8) is 0 Å².